The van der Waals surface area contributed by atoms with Crippen LogP contribution < -0.4 is 15.5 Å². The van der Waals surface area contributed by atoms with Crippen molar-refractivity contribution >= 4 is 57.4 Å². The van der Waals surface area contributed by atoms with Crippen LogP contribution in [0, 0.1) is 0 Å². The summed E-state index contributed by atoms with van der Waals surface area (Å²) in [6.45, 7) is 3.28. The van der Waals surface area contributed by atoms with Gasteiger partial charge in [0.25, 0.3) is 5.91 Å². The molecule has 2 aliphatic heterocycles. The van der Waals surface area contributed by atoms with Crippen LogP contribution in [-0.2, 0) is 4.79 Å². The van der Waals surface area contributed by atoms with E-state index >= 15 is 0 Å². The minimum Gasteiger partial charge on any atom is -0.355 e. The van der Waals surface area contributed by atoms with E-state index in [4.69, 9.17) is 28.2 Å². The lowest BCUT2D eigenvalue weighted by atomic mass is 9.88. The highest BCUT2D eigenvalue weighted by atomic mass is 35.5. The van der Waals surface area contributed by atoms with Crippen LogP contribution in [-0.4, -0.2) is 50.5 Å². The van der Waals surface area contributed by atoms with Crippen LogP contribution in [0.3, 0.4) is 0 Å². The summed E-state index contributed by atoms with van der Waals surface area (Å²) in [5.74, 6) is 0.457. The molecule has 5 heterocycles. The molecule has 6 aromatic rings. The van der Waals surface area contributed by atoms with Crippen molar-refractivity contribution in [3.63, 3.8) is 0 Å². The lowest BCUT2D eigenvalue weighted by Crippen LogP contribution is -2.45. The van der Waals surface area contributed by atoms with E-state index in [1.807, 2.05) is 92.1 Å². The van der Waals surface area contributed by atoms with Crippen LogP contribution in [0.4, 0.5) is 11.5 Å². The molecule has 246 valence electrons. The SMILES string of the molecule is CCC(=O)NC1CCN(c2ncccc2NC(=O)c2[nH]c3cc(Cl)cc4c3c2-c2c(-c3ccccc3)ncn2[C@@H]4c2ccc(Cl)cc2)CC1. The topological polar surface area (TPSA) is 108 Å². The van der Waals surface area contributed by atoms with Gasteiger partial charge in [-0.15, -0.1) is 0 Å². The van der Waals surface area contributed by atoms with E-state index in [-0.39, 0.29) is 23.9 Å². The van der Waals surface area contributed by atoms with Gasteiger partial charge in [-0.05, 0) is 60.4 Å². The van der Waals surface area contributed by atoms with Gasteiger partial charge in [0, 0.05) is 63.8 Å². The molecule has 0 radical (unpaired) electrons. The number of imidazole rings is 1. The van der Waals surface area contributed by atoms with Gasteiger partial charge in [-0.2, -0.15) is 0 Å². The number of nitrogens with one attached hydrogen (secondary N) is 3. The molecule has 49 heavy (non-hydrogen) atoms. The Morgan fingerprint density at radius 3 is 2.47 bits per heavy atom. The van der Waals surface area contributed by atoms with Gasteiger partial charge in [0.05, 0.1) is 29.4 Å². The summed E-state index contributed by atoms with van der Waals surface area (Å²) in [4.78, 5) is 41.7. The number of carbonyl (C=O) groups is 2. The molecule has 0 unspecified atom stereocenters. The van der Waals surface area contributed by atoms with Gasteiger partial charge in [-0.25, -0.2) is 9.97 Å². The van der Waals surface area contributed by atoms with Crippen LogP contribution in [0.15, 0.2) is 91.4 Å². The molecule has 0 aliphatic carbocycles. The Kier molecular flexibility index (Phi) is 8.09. The van der Waals surface area contributed by atoms with E-state index in [2.05, 4.69) is 30.1 Å². The number of pyridine rings is 1. The van der Waals surface area contributed by atoms with Gasteiger partial charge in [0.1, 0.15) is 5.69 Å². The minimum atomic E-state index is -0.302. The maximum atomic E-state index is 14.5. The first-order valence-electron chi connectivity index (χ1n) is 16.4. The average Bonchev–Trinajstić information content (AvgIpc) is 3.73. The Morgan fingerprint density at radius 2 is 1.71 bits per heavy atom. The van der Waals surface area contributed by atoms with Crippen LogP contribution in [0.25, 0.3) is 33.4 Å². The van der Waals surface area contributed by atoms with E-state index in [1.54, 1.807) is 6.20 Å². The number of fused-ring (bicyclic) bond motifs is 2. The van der Waals surface area contributed by atoms with Crippen molar-refractivity contribution in [1.29, 1.82) is 0 Å². The molecule has 0 bridgehead atoms. The molecular formula is C38H33Cl2N7O2. The fourth-order valence-corrected chi connectivity index (χ4v) is 7.55. The molecule has 1 saturated heterocycles. The van der Waals surface area contributed by atoms with E-state index in [0.29, 0.717) is 46.8 Å². The Bertz CT molecular complexity index is 2200. The number of hydrogen-bond donors (Lipinski definition) is 3. The highest BCUT2D eigenvalue weighted by molar-refractivity contribution is 6.32. The third-order valence-electron chi connectivity index (χ3n) is 9.47. The summed E-state index contributed by atoms with van der Waals surface area (Å²) >= 11 is 13.1. The molecule has 2 aliphatic rings. The Labute approximate surface area is 293 Å². The summed E-state index contributed by atoms with van der Waals surface area (Å²) < 4.78 is 2.13. The van der Waals surface area contributed by atoms with Crippen LogP contribution >= 0.6 is 23.2 Å². The first-order chi connectivity index (χ1) is 23.9. The lowest BCUT2D eigenvalue weighted by molar-refractivity contribution is -0.121. The maximum absolute atomic E-state index is 14.5. The highest BCUT2D eigenvalue weighted by Gasteiger charge is 2.36. The molecule has 11 heteroatoms. The van der Waals surface area contributed by atoms with Gasteiger partial charge in [-0.3, -0.25) is 9.59 Å². The number of aromatic nitrogens is 4. The van der Waals surface area contributed by atoms with E-state index in [9.17, 15) is 9.59 Å². The third kappa shape index (κ3) is 5.62. The maximum Gasteiger partial charge on any atom is 0.272 e. The first-order valence-corrected chi connectivity index (χ1v) is 17.2. The smallest absolute Gasteiger partial charge is 0.272 e. The van der Waals surface area contributed by atoms with Gasteiger partial charge in [0.15, 0.2) is 5.82 Å². The summed E-state index contributed by atoms with van der Waals surface area (Å²) in [5.41, 5.74) is 7.06. The van der Waals surface area contributed by atoms with Gasteiger partial charge in [-0.1, -0.05) is 72.6 Å². The quantitative estimate of drug-likeness (QED) is 0.157. The zero-order chi connectivity index (χ0) is 33.6. The number of carbonyl (C=O) groups excluding carboxylic acids is 2. The predicted molar refractivity (Wildman–Crippen MR) is 195 cm³/mol. The second-order valence-corrected chi connectivity index (χ2v) is 13.3. The summed E-state index contributed by atoms with van der Waals surface area (Å²) in [7, 11) is 0. The molecule has 2 amide bonds. The number of benzene rings is 3. The first kappa shape index (κ1) is 31.2. The molecule has 1 fully saturated rings. The Hall–Kier alpha value is -5.12. The van der Waals surface area contributed by atoms with Crippen molar-refractivity contribution in [3.8, 4) is 22.5 Å². The molecule has 0 saturated carbocycles. The normalized spacial score (nSPS) is 15.7. The molecule has 3 N–H and O–H groups in total. The molecular weight excluding hydrogens is 657 g/mol. The zero-order valence-corrected chi connectivity index (χ0v) is 28.2. The fraction of sp³-hybridized carbons (Fsp3) is 0.211. The number of hydrogen-bond acceptors (Lipinski definition) is 5. The number of amides is 2. The van der Waals surface area contributed by atoms with Crippen molar-refractivity contribution in [2.45, 2.75) is 38.3 Å². The third-order valence-corrected chi connectivity index (χ3v) is 9.94. The molecule has 0 spiro atoms. The summed E-state index contributed by atoms with van der Waals surface area (Å²) in [5, 5.41) is 8.41. The van der Waals surface area contributed by atoms with Crippen molar-refractivity contribution in [3.05, 3.63) is 118 Å². The largest absolute Gasteiger partial charge is 0.355 e. The standard InChI is InChI=1S/C38H33Cl2N7O2/c1-2-30(48)43-26-14-17-46(18-15-26)37-28(9-6-16-41-37)45-38(49)34-32-31-27(19-25(40)20-29(31)44-34)35(23-10-12-24(39)13-11-23)47-21-42-33(36(32)47)22-7-4-3-5-8-22/h3-13,16,19-21,26,35,44H,2,14-15,17-18H2,1H3,(H,43,48)(H,45,49)/t35-/m1/s1. The molecule has 3 aromatic carbocycles. The van der Waals surface area contributed by atoms with E-state index in [0.717, 1.165) is 57.4 Å². The average molecular weight is 691 g/mol. The predicted octanol–water partition coefficient (Wildman–Crippen LogP) is 8.10. The van der Waals surface area contributed by atoms with Crippen LogP contribution in [0.1, 0.15) is 53.8 Å². The van der Waals surface area contributed by atoms with Crippen molar-refractivity contribution in [2.24, 2.45) is 0 Å². The molecule has 8 rings (SSSR count). The highest BCUT2D eigenvalue weighted by Crippen LogP contribution is 2.50. The van der Waals surface area contributed by atoms with Crippen molar-refractivity contribution in [1.82, 2.24) is 24.8 Å². The van der Waals surface area contributed by atoms with Crippen LogP contribution in [0.5, 0.6) is 0 Å². The van der Waals surface area contributed by atoms with E-state index < -0.39 is 0 Å². The fourth-order valence-electron chi connectivity index (χ4n) is 7.19. The van der Waals surface area contributed by atoms with Crippen molar-refractivity contribution < 1.29 is 9.59 Å². The second-order valence-electron chi connectivity index (χ2n) is 12.5. The van der Waals surface area contributed by atoms with Crippen LogP contribution in [0.2, 0.25) is 10.0 Å². The molecule has 1 atom stereocenters. The Morgan fingerprint density at radius 1 is 0.939 bits per heavy atom. The lowest BCUT2D eigenvalue weighted by Gasteiger charge is -2.34. The number of piperidine rings is 1. The van der Waals surface area contributed by atoms with Gasteiger partial charge in [0.2, 0.25) is 5.91 Å². The number of halogens is 2. The number of anilines is 2. The number of rotatable bonds is 7. The Balaban J connectivity index is 1.22. The summed E-state index contributed by atoms with van der Waals surface area (Å²) in [6.07, 6.45) is 5.64. The minimum absolute atomic E-state index is 0.0623. The number of aromatic amines is 1. The number of nitrogens with zero attached hydrogens (tertiary/aromatic N) is 4. The zero-order valence-electron chi connectivity index (χ0n) is 26.7. The van der Waals surface area contributed by atoms with Gasteiger partial charge < -0.3 is 25.1 Å². The monoisotopic (exact) mass is 689 g/mol. The molecule has 3 aromatic heterocycles. The van der Waals surface area contributed by atoms with E-state index in [1.165, 1.54) is 0 Å². The van der Waals surface area contributed by atoms with Gasteiger partial charge >= 0.3 is 0 Å². The van der Waals surface area contributed by atoms with Crippen molar-refractivity contribution in [2.75, 3.05) is 23.3 Å². The summed E-state index contributed by atoms with van der Waals surface area (Å²) in [6, 6.07) is 25.2. The second kappa shape index (κ2) is 12.7. The molecule has 9 nitrogen and oxygen atoms in total. The number of H-pyrrole nitrogens is 1.